The lowest BCUT2D eigenvalue weighted by Crippen LogP contribution is -2.38. The summed E-state index contributed by atoms with van der Waals surface area (Å²) in [7, 11) is 0. The highest BCUT2D eigenvalue weighted by Gasteiger charge is 2.20. The minimum absolute atomic E-state index is 0.434. The first kappa shape index (κ1) is 16.5. The number of nitrogens with zero attached hydrogens (tertiary/aromatic N) is 2. The van der Waals surface area contributed by atoms with Gasteiger partial charge in [-0.25, -0.2) is 0 Å². The number of ether oxygens (including phenoxy) is 3. The van der Waals surface area contributed by atoms with Crippen LogP contribution in [-0.4, -0.2) is 76.6 Å². The summed E-state index contributed by atoms with van der Waals surface area (Å²) in [5.41, 5.74) is 5.49. The molecular formula is C15H23N3O4S. The van der Waals surface area contributed by atoms with Gasteiger partial charge in [-0.05, 0) is 0 Å². The molecule has 3 heterocycles. The van der Waals surface area contributed by atoms with Crippen molar-refractivity contribution in [2.24, 2.45) is 5.73 Å². The summed E-state index contributed by atoms with van der Waals surface area (Å²) in [4.78, 5) is 16.7. The third-order valence-corrected chi connectivity index (χ3v) is 5.19. The molecule has 1 aromatic rings. The summed E-state index contributed by atoms with van der Waals surface area (Å²) in [5, 5.41) is 1.02. The Balaban J connectivity index is 1.60. The molecule has 0 atom stereocenters. The maximum atomic E-state index is 11.7. The maximum absolute atomic E-state index is 11.7. The number of primary amides is 1. The lowest BCUT2D eigenvalue weighted by Gasteiger charge is -2.27. The van der Waals surface area contributed by atoms with E-state index in [9.17, 15) is 4.79 Å². The predicted molar refractivity (Wildman–Crippen MR) is 88.6 cm³/mol. The predicted octanol–water partition coefficient (Wildman–Crippen LogP) is 0.395. The van der Waals surface area contributed by atoms with Crippen LogP contribution >= 0.6 is 11.3 Å². The van der Waals surface area contributed by atoms with Crippen molar-refractivity contribution in [3.05, 3.63) is 10.9 Å². The zero-order valence-electron chi connectivity index (χ0n) is 13.2. The quantitative estimate of drug-likeness (QED) is 0.807. The molecule has 0 spiro atoms. The van der Waals surface area contributed by atoms with Gasteiger partial charge in [0.15, 0.2) is 0 Å². The van der Waals surface area contributed by atoms with Gasteiger partial charge < -0.3 is 24.8 Å². The third kappa shape index (κ3) is 4.35. The molecule has 2 saturated heterocycles. The molecule has 128 valence electrons. The average Bonchev–Trinajstić information content (AvgIpc) is 3.01. The van der Waals surface area contributed by atoms with Gasteiger partial charge in [0.1, 0.15) is 17.2 Å². The molecule has 0 aromatic carbocycles. The molecule has 2 fully saturated rings. The number of carbonyl (C=O) groups is 1. The second kappa shape index (κ2) is 7.96. The van der Waals surface area contributed by atoms with Gasteiger partial charge in [-0.3, -0.25) is 9.69 Å². The molecule has 2 aliphatic heterocycles. The largest absolute Gasteiger partial charge is 0.490 e. The maximum Gasteiger partial charge on any atom is 0.262 e. The normalized spacial score (nSPS) is 19.7. The number of anilines is 1. The number of rotatable bonds is 6. The SMILES string of the molecule is NC(=O)c1sc(N2CCOCC2)cc1OCCN1CCOCC1. The van der Waals surface area contributed by atoms with E-state index in [-0.39, 0.29) is 0 Å². The van der Waals surface area contributed by atoms with Gasteiger partial charge in [0, 0.05) is 38.8 Å². The molecule has 1 aromatic heterocycles. The van der Waals surface area contributed by atoms with E-state index < -0.39 is 5.91 Å². The van der Waals surface area contributed by atoms with Crippen molar-refractivity contribution >= 4 is 22.2 Å². The van der Waals surface area contributed by atoms with Gasteiger partial charge >= 0.3 is 0 Å². The molecule has 0 aliphatic carbocycles. The topological polar surface area (TPSA) is 77.3 Å². The van der Waals surface area contributed by atoms with E-state index in [0.29, 0.717) is 30.4 Å². The first-order chi connectivity index (χ1) is 11.2. The van der Waals surface area contributed by atoms with E-state index in [1.54, 1.807) is 0 Å². The minimum atomic E-state index is -0.434. The molecule has 0 radical (unpaired) electrons. The Bertz CT molecular complexity index is 525. The van der Waals surface area contributed by atoms with Crippen LogP contribution in [0.15, 0.2) is 6.07 Å². The zero-order chi connectivity index (χ0) is 16.1. The molecule has 2 aliphatic rings. The Hall–Kier alpha value is -1.35. The Kier molecular flexibility index (Phi) is 5.71. The molecule has 0 unspecified atom stereocenters. The Morgan fingerprint density at radius 1 is 1.17 bits per heavy atom. The van der Waals surface area contributed by atoms with Crippen molar-refractivity contribution in [3.8, 4) is 5.75 Å². The first-order valence-corrected chi connectivity index (χ1v) is 8.75. The van der Waals surface area contributed by atoms with Crippen molar-refractivity contribution < 1.29 is 19.0 Å². The molecule has 23 heavy (non-hydrogen) atoms. The number of hydrogen-bond donors (Lipinski definition) is 1. The molecule has 7 nitrogen and oxygen atoms in total. The van der Waals surface area contributed by atoms with Crippen LogP contribution < -0.4 is 15.4 Å². The van der Waals surface area contributed by atoms with Crippen molar-refractivity contribution in [1.82, 2.24) is 4.90 Å². The van der Waals surface area contributed by atoms with Crippen LogP contribution in [0.4, 0.5) is 5.00 Å². The first-order valence-electron chi connectivity index (χ1n) is 7.93. The molecule has 8 heteroatoms. The van der Waals surface area contributed by atoms with Crippen LogP contribution in [0.5, 0.6) is 5.75 Å². The van der Waals surface area contributed by atoms with Gasteiger partial charge in [0.2, 0.25) is 0 Å². The van der Waals surface area contributed by atoms with Crippen LogP contribution in [0, 0.1) is 0 Å². The van der Waals surface area contributed by atoms with Gasteiger partial charge in [-0.15, -0.1) is 11.3 Å². The van der Waals surface area contributed by atoms with E-state index in [4.69, 9.17) is 19.9 Å². The lowest BCUT2D eigenvalue weighted by molar-refractivity contribution is 0.0322. The Morgan fingerprint density at radius 2 is 1.83 bits per heavy atom. The smallest absolute Gasteiger partial charge is 0.262 e. The summed E-state index contributed by atoms with van der Waals surface area (Å²) < 4.78 is 16.5. The summed E-state index contributed by atoms with van der Waals surface area (Å²) in [5.74, 6) is 0.160. The molecule has 3 rings (SSSR count). The van der Waals surface area contributed by atoms with Gasteiger partial charge in [0.05, 0.1) is 31.4 Å². The number of nitrogens with two attached hydrogens (primary N) is 1. The number of hydrogen-bond acceptors (Lipinski definition) is 7. The summed E-state index contributed by atoms with van der Waals surface area (Å²) in [6.07, 6.45) is 0. The highest BCUT2D eigenvalue weighted by molar-refractivity contribution is 7.18. The fourth-order valence-electron chi connectivity index (χ4n) is 2.69. The van der Waals surface area contributed by atoms with E-state index in [1.165, 1.54) is 11.3 Å². The van der Waals surface area contributed by atoms with E-state index in [0.717, 1.165) is 50.9 Å². The second-order valence-corrected chi connectivity index (χ2v) is 6.57. The molecule has 2 N–H and O–H groups in total. The van der Waals surface area contributed by atoms with Gasteiger partial charge in [-0.2, -0.15) is 0 Å². The molecule has 1 amide bonds. The van der Waals surface area contributed by atoms with Gasteiger partial charge in [-0.1, -0.05) is 0 Å². The van der Waals surface area contributed by atoms with Crippen LogP contribution in [0.3, 0.4) is 0 Å². The number of morpholine rings is 2. The van der Waals surface area contributed by atoms with Crippen molar-refractivity contribution in [2.45, 2.75) is 0 Å². The van der Waals surface area contributed by atoms with Crippen LogP contribution in [0.1, 0.15) is 9.67 Å². The van der Waals surface area contributed by atoms with Crippen molar-refractivity contribution in [1.29, 1.82) is 0 Å². The monoisotopic (exact) mass is 341 g/mol. The second-order valence-electron chi connectivity index (χ2n) is 5.54. The summed E-state index contributed by atoms with van der Waals surface area (Å²) in [6.45, 7) is 7.82. The number of thiophene rings is 1. The zero-order valence-corrected chi connectivity index (χ0v) is 14.0. The molecule has 0 saturated carbocycles. The van der Waals surface area contributed by atoms with E-state index in [2.05, 4.69) is 9.80 Å². The summed E-state index contributed by atoms with van der Waals surface area (Å²) >= 11 is 1.40. The number of amides is 1. The standard InChI is InChI=1S/C15H23N3O4S/c16-15(19)14-12(22-10-3-17-1-6-20-7-2-17)11-13(23-14)18-4-8-21-9-5-18/h11H,1-10H2,(H2,16,19). The van der Waals surface area contributed by atoms with Crippen LogP contribution in [-0.2, 0) is 9.47 Å². The minimum Gasteiger partial charge on any atom is -0.490 e. The molecular weight excluding hydrogens is 318 g/mol. The Morgan fingerprint density at radius 3 is 2.48 bits per heavy atom. The van der Waals surface area contributed by atoms with E-state index in [1.807, 2.05) is 6.07 Å². The Labute approximate surface area is 139 Å². The van der Waals surface area contributed by atoms with E-state index >= 15 is 0 Å². The highest BCUT2D eigenvalue weighted by Crippen LogP contribution is 2.35. The van der Waals surface area contributed by atoms with Crippen molar-refractivity contribution in [2.75, 3.05) is 70.7 Å². The highest BCUT2D eigenvalue weighted by atomic mass is 32.1. The third-order valence-electron chi connectivity index (χ3n) is 4.00. The fourth-order valence-corrected chi connectivity index (χ4v) is 3.70. The summed E-state index contributed by atoms with van der Waals surface area (Å²) in [6, 6.07) is 1.93. The molecule has 0 bridgehead atoms. The van der Waals surface area contributed by atoms with Gasteiger partial charge in [0.25, 0.3) is 5.91 Å². The van der Waals surface area contributed by atoms with Crippen molar-refractivity contribution in [3.63, 3.8) is 0 Å². The average molecular weight is 341 g/mol. The fraction of sp³-hybridized carbons (Fsp3) is 0.667. The van der Waals surface area contributed by atoms with Crippen LogP contribution in [0.25, 0.3) is 0 Å². The number of carbonyl (C=O) groups excluding carboxylic acids is 1. The van der Waals surface area contributed by atoms with Crippen LogP contribution in [0.2, 0.25) is 0 Å². The lowest BCUT2D eigenvalue weighted by atomic mass is 10.3.